The van der Waals surface area contributed by atoms with Crippen molar-refractivity contribution >= 4 is 5.91 Å². The monoisotopic (exact) mass is 211 g/mol. The summed E-state index contributed by atoms with van der Waals surface area (Å²) in [5.74, 6) is 0.332. The topological polar surface area (TPSA) is 38.8 Å². The van der Waals surface area contributed by atoms with E-state index in [0.29, 0.717) is 13.2 Å². The molecule has 0 spiro atoms. The van der Waals surface area contributed by atoms with Gasteiger partial charge in [-0.3, -0.25) is 4.79 Å². The van der Waals surface area contributed by atoms with Gasteiger partial charge in [0.2, 0.25) is 5.91 Å². The van der Waals surface area contributed by atoms with Crippen LogP contribution in [0.2, 0.25) is 0 Å². The SMILES string of the molecule is C=CN1CCC(CCC2OCCO2)C1=O. The molecule has 0 aromatic rings. The zero-order valence-electron chi connectivity index (χ0n) is 8.85. The Kier molecular flexibility index (Phi) is 3.38. The first-order valence-electron chi connectivity index (χ1n) is 5.47. The summed E-state index contributed by atoms with van der Waals surface area (Å²) >= 11 is 0. The van der Waals surface area contributed by atoms with Crippen LogP contribution >= 0.6 is 0 Å². The molecule has 1 atom stereocenters. The second-order valence-corrected chi connectivity index (χ2v) is 3.95. The Morgan fingerprint density at radius 3 is 2.73 bits per heavy atom. The Bertz CT molecular complexity index is 248. The molecule has 0 aromatic heterocycles. The Balaban J connectivity index is 1.75. The molecule has 0 radical (unpaired) electrons. The van der Waals surface area contributed by atoms with E-state index in [2.05, 4.69) is 6.58 Å². The van der Waals surface area contributed by atoms with Gasteiger partial charge in [-0.1, -0.05) is 6.58 Å². The Morgan fingerprint density at radius 2 is 2.13 bits per heavy atom. The molecule has 84 valence electrons. The first-order valence-corrected chi connectivity index (χ1v) is 5.47. The van der Waals surface area contributed by atoms with E-state index in [1.165, 1.54) is 0 Å². The van der Waals surface area contributed by atoms with Gasteiger partial charge in [0.1, 0.15) is 0 Å². The molecule has 2 aliphatic rings. The lowest BCUT2D eigenvalue weighted by molar-refractivity contribution is -0.129. The average Bonchev–Trinajstić information content (AvgIpc) is 2.85. The largest absolute Gasteiger partial charge is 0.350 e. The second kappa shape index (κ2) is 4.77. The predicted molar refractivity (Wildman–Crippen MR) is 54.9 cm³/mol. The van der Waals surface area contributed by atoms with Crippen LogP contribution in [0.4, 0.5) is 0 Å². The third-order valence-corrected chi connectivity index (χ3v) is 3.01. The lowest BCUT2D eigenvalue weighted by atomic mass is 10.0. The molecule has 1 amide bonds. The number of carbonyl (C=O) groups is 1. The fraction of sp³-hybridized carbons (Fsp3) is 0.727. The summed E-state index contributed by atoms with van der Waals surface area (Å²) in [6, 6.07) is 0. The minimum Gasteiger partial charge on any atom is -0.350 e. The predicted octanol–water partition coefficient (Wildman–Crippen LogP) is 1.13. The average molecular weight is 211 g/mol. The number of hydrogen-bond acceptors (Lipinski definition) is 3. The molecule has 0 bridgehead atoms. The van der Waals surface area contributed by atoms with Gasteiger partial charge in [0.25, 0.3) is 0 Å². The third kappa shape index (κ3) is 2.38. The van der Waals surface area contributed by atoms with Gasteiger partial charge in [-0.2, -0.15) is 0 Å². The molecule has 4 nitrogen and oxygen atoms in total. The highest BCUT2D eigenvalue weighted by molar-refractivity contribution is 5.81. The maximum Gasteiger partial charge on any atom is 0.229 e. The van der Waals surface area contributed by atoms with Crippen molar-refractivity contribution in [1.82, 2.24) is 4.90 Å². The molecular formula is C11H17NO3. The van der Waals surface area contributed by atoms with Crippen molar-refractivity contribution in [1.29, 1.82) is 0 Å². The van der Waals surface area contributed by atoms with E-state index < -0.39 is 0 Å². The van der Waals surface area contributed by atoms with Gasteiger partial charge < -0.3 is 14.4 Å². The summed E-state index contributed by atoms with van der Waals surface area (Å²) < 4.78 is 10.7. The van der Waals surface area contributed by atoms with Crippen molar-refractivity contribution in [3.63, 3.8) is 0 Å². The van der Waals surface area contributed by atoms with Crippen LogP contribution in [-0.4, -0.2) is 36.9 Å². The smallest absolute Gasteiger partial charge is 0.229 e. The van der Waals surface area contributed by atoms with Crippen LogP contribution in [0.5, 0.6) is 0 Å². The normalized spacial score (nSPS) is 27.6. The molecule has 2 fully saturated rings. The lowest BCUT2D eigenvalue weighted by Crippen LogP contribution is -2.22. The molecule has 2 aliphatic heterocycles. The van der Waals surface area contributed by atoms with E-state index in [0.717, 1.165) is 25.8 Å². The fourth-order valence-electron chi connectivity index (χ4n) is 2.12. The van der Waals surface area contributed by atoms with E-state index in [9.17, 15) is 4.79 Å². The molecule has 2 heterocycles. The maximum atomic E-state index is 11.7. The number of carbonyl (C=O) groups excluding carboxylic acids is 1. The summed E-state index contributed by atoms with van der Waals surface area (Å²) in [4.78, 5) is 13.4. The molecule has 2 rings (SSSR count). The number of ether oxygens (including phenoxy) is 2. The zero-order valence-corrected chi connectivity index (χ0v) is 8.85. The number of likely N-dealkylation sites (tertiary alicyclic amines) is 1. The van der Waals surface area contributed by atoms with Crippen LogP contribution in [0.25, 0.3) is 0 Å². The van der Waals surface area contributed by atoms with Crippen LogP contribution < -0.4 is 0 Å². The summed E-state index contributed by atoms with van der Waals surface area (Å²) in [6.07, 6.45) is 4.13. The quantitative estimate of drug-likeness (QED) is 0.699. The van der Waals surface area contributed by atoms with Gasteiger partial charge in [0.05, 0.1) is 13.2 Å². The second-order valence-electron chi connectivity index (χ2n) is 3.95. The standard InChI is InChI=1S/C11H17NO3/c1-2-12-6-5-9(11(12)13)3-4-10-14-7-8-15-10/h2,9-10H,1,3-8H2. The molecule has 2 saturated heterocycles. The van der Waals surface area contributed by atoms with E-state index in [-0.39, 0.29) is 18.1 Å². The Labute approximate surface area is 89.8 Å². The lowest BCUT2D eigenvalue weighted by Gasteiger charge is -2.13. The third-order valence-electron chi connectivity index (χ3n) is 3.01. The highest BCUT2D eigenvalue weighted by Crippen LogP contribution is 2.24. The van der Waals surface area contributed by atoms with Crippen LogP contribution in [0.1, 0.15) is 19.3 Å². The van der Waals surface area contributed by atoms with Crippen LogP contribution in [0.15, 0.2) is 12.8 Å². The fourth-order valence-corrected chi connectivity index (χ4v) is 2.12. The molecular weight excluding hydrogens is 194 g/mol. The first kappa shape index (κ1) is 10.6. The van der Waals surface area contributed by atoms with Crippen molar-refractivity contribution in [3.8, 4) is 0 Å². The van der Waals surface area contributed by atoms with Gasteiger partial charge in [0.15, 0.2) is 6.29 Å². The summed E-state index contributed by atoms with van der Waals surface area (Å²) in [5.41, 5.74) is 0. The van der Waals surface area contributed by atoms with E-state index in [1.807, 2.05) is 0 Å². The molecule has 15 heavy (non-hydrogen) atoms. The number of nitrogens with zero attached hydrogens (tertiary/aromatic N) is 1. The van der Waals surface area contributed by atoms with Crippen LogP contribution in [-0.2, 0) is 14.3 Å². The number of rotatable bonds is 4. The molecule has 0 aliphatic carbocycles. The molecule has 0 N–H and O–H groups in total. The number of hydrogen-bond donors (Lipinski definition) is 0. The Hall–Kier alpha value is -0.870. The van der Waals surface area contributed by atoms with Gasteiger partial charge in [-0.15, -0.1) is 0 Å². The van der Waals surface area contributed by atoms with E-state index in [4.69, 9.17) is 9.47 Å². The van der Waals surface area contributed by atoms with Crippen molar-refractivity contribution < 1.29 is 14.3 Å². The highest BCUT2D eigenvalue weighted by Gasteiger charge is 2.30. The highest BCUT2D eigenvalue weighted by atomic mass is 16.7. The minimum atomic E-state index is -0.0874. The first-order chi connectivity index (χ1) is 7.31. The maximum absolute atomic E-state index is 11.7. The van der Waals surface area contributed by atoms with Crippen LogP contribution in [0.3, 0.4) is 0 Å². The molecule has 4 heteroatoms. The van der Waals surface area contributed by atoms with Gasteiger partial charge in [-0.25, -0.2) is 0 Å². The van der Waals surface area contributed by atoms with Crippen molar-refractivity contribution in [2.75, 3.05) is 19.8 Å². The van der Waals surface area contributed by atoms with E-state index >= 15 is 0 Å². The summed E-state index contributed by atoms with van der Waals surface area (Å²) in [6.45, 7) is 5.79. The van der Waals surface area contributed by atoms with E-state index in [1.54, 1.807) is 11.1 Å². The summed E-state index contributed by atoms with van der Waals surface area (Å²) in [5, 5.41) is 0. The Morgan fingerprint density at radius 1 is 1.40 bits per heavy atom. The molecule has 0 saturated carbocycles. The van der Waals surface area contributed by atoms with Gasteiger partial charge >= 0.3 is 0 Å². The molecule has 1 unspecified atom stereocenters. The van der Waals surface area contributed by atoms with Gasteiger partial charge in [-0.05, 0) is 25.5 Å². The van der Waals surface area contributed by atoms with Gasteiger partial charge in [0, 0.05) is 12.5 Å². The van der Waals surface area contributed by atoms with Crippen molar-refractivity contribution in [2.24, 2.45) is 5.92 Å². The van der Waals surface area contributed by atoms with Crippen molar-refractivity contribution in [3.05, 3.63) is 12.8 Å². The van der Waals surface area contributed by atoms with Crippen molar-refractivity contribution in [2.45, 2.75) is 25.6 Å². The minimum absolute atomic E-state index is 0.0874. The van der Waals surface area contributed by atoms with Crippen LogP contribution in [0, 0.1) is 5.92 Å². The molecule has 0 aromatic carbocycles. The summed E-state index contributed by atoms with van der Waals surface area (Å²) in [7, 11) is 0. The number of amides is 1. The zero-order chi connectivity index (χ0) is 10.7.